The van der Waals surface area contributed by atoms with Gasteiger partial charge in [-0.25, -0.2) is 0 Å². The van der Waals surface area contributed by atoms with Crippen molar-refractivity contribution in [1.82, 2.24) is 4.37 Å². The van der Waals surface area contributed by atoms with E-state index < -0.39 is 0 Å². The molecule has 0 spiro atoms. The van der Waals surface area contributed by atoms with Crippen molar-refractivity contribution in [1.29, 1.82) is 0 Å². The van der Waals surface area contributed by atoms with Gasteiger partial charge in [-0.2, -0.15) is 4.37 Å². The van der Waals surface area contributed by atoms with Gasteiger partial charge in [0, 0.05) is 15.6 Å². The Morgan fingerprint density at radius 1 is 0.789 bits per heavy atom. The molecule has 94 valence electrons. The van der Waals surface area contributed by atoms with Crippen LogP contribution in [-0.4, -0.2) is 4.37 Å². The van der Waals surface area contributed by atoms with Gasteiger partial charge in [0.15, 0.2) is 0 Å². The molecule has 4 heteroatoms. The normalized spacial score (nSPS) is 10.6. The average Bonchev–Trinajstić information content (AvgIpc) is 2.88. The van der Waals surface area contributed by atoms with E-state index in [2.05, 4.69) is 10.4 Å². The maximum Gasteiger partial charge on any atom is 0.0847 e. The minimum absolute atomic E-state index is 0.636. The third kappa shape index (κ3) is 2.81. The fourth-order valence-corrected chi connectivity index (χ4v) is 3.12. The van der Waals surface area contributed by atoms with Crippen LogP contribution in [0.3, 0.4) is 0 Å². The Hall–Kier alpha value is -1.35. The zero-order valence-corrected chi connectivity index (χ0v) is 12.1. The Kier molecular flexibility index (Phi) is 3.56. The molecule has 0 fully saturated rings. The van der Waals surface area contributed by atoms with Crippen LogP contribution >= 0.6 is 34.7 Å². The highest BCUT2D eigenvalue weighted by atomic mass is 35.5. The zero-order valence-electron chi connectivity index (χ0n) is 9.81. The first kappa shape index (κ1) is 12.7. The molecule has 0 aliphatic heterocycles. The Labute approximate surface area is 125 Å². The number of hydrogen-bond acceptors (Lipinski definition) is 2. The van der Waals surface area contributed by atoms with E-state index in [1.165, 1.54) is 11.5 Å². The van der Waals surface area contributed by atoms with Gasteiger partial charge in [-0.05, 0) is 41.4 Å². The van der Waals surface area contributed by atoms with Crippen LogP contribution in [0.5, 0.6) is 0 Å². The lowest BCUT2D eigenvalue weighted by molar-refractivity contribution is 1.52. The molecule has 3 aromatic rings. The molecule has 0 saturated carbocycles. The highest BCUT2D eigenvalue weighted by Crippen LogP contribution is 2.32. The second-order valence-corrected chi connectivity index (χ2v) is 5.78. The topological polar surface area (TPSA) is 12.9 Å². The summed E-state index contributed by atoms with van der Waals surface area (Å²) in [6.07, 6.45) is 0. The molecule has 1 aromatic heterocycles. The van der Waals surface area contributed by atoms with Crippen molar-refractivity contribution in [2.24, 2.45) is 0 Å². The Balaban J connectivity index is 2.02. The average molecular weight is 306 g/mol. The van der Waals surface area contributed by atoms with Crippen molar-refractivity contribution < 1.29 is 0 Å². The maximum absolute atomic E-state index is 6.02. The number of aromatic nitrogens is 1. The Morgan fingerprint density at radius 2 is 1.47 bits per heavy atom. The smallest absolute Gasteiger partial charge is 0.0847 e. The van der Waals surface area contributed by atoms with Gasteiger partial charge in [-0.15, -0.1) is 0 Å². The van der Waals surface area contributed by atoms with Crippen LogP contribution in [0.1, 0.15) is 0 Å². The predicted octanol–water partition coefficient (Wildman–Crippen LogP) is 5.78. The summed E-state index contributed by atoms with van der Waals surface area (Å²) in [4.78, 5) is 1.06. The molecule has 2 aromatic carbocycles. The van der Waals surface area contributed by atoms with Crippen LogP contribution in [0.15, 0.2) is 54.6 Å². The van der Waals surface area contributed by atoms with Crippen molar-refractivity contribution in [3.8, 4) is 21.7 Å². The van der Waals surface area contributed by atoms with Gasteiger partial charge in [-0.1, -0.05) is 53.5 Å². The van der Waals surface area contributed by atoms with Gasteiger partial charge in [0.2, 0.25) is 0 Å². The van der Waals surface area contributed by atoms with Crippen LogP contribution < -0.4 is 0 Å². The number of nitrogens with zero attached hydrogens (tertiary/aromatic N) is 1. The number of halogens is 2. The quantitative estimate of drug-likeness (QED) is 0.584. The van der Waals surface area contributed by atoms with Gasteiger partial charge in [0.25, 0.3) is 0 Å². The van der Waals surface area contributed by atoms with E-state index in [0.29, 0.717) is 10.0 Å². The van der Waals surface area contributed by atoms with Gasteiger partial charge in [0.1, 0.15) is 0 Å². The summed E-state index contributed by atoms with van der Waals surface area (Å²) in [6, 6.07) is 17.7. The largest absolute Gasteiger partial charge is 0.192 e. The summed E-state index contributed by atoms with van der Waals surface area (Å²) in [5, 5.41) is 1.27. The zero-order chi connectivity index (χ0) is 13.2. The summed E-state index contributed by atoms with van der Waals surface area (Å²) < 4.78 is 4.48. The summed E-state index contributed by atoms with van der Waals surface area (Å²) in [5.41, 5.74) is 3.08. The lowest BCUT2D eigenvalue weighted by atomic mass is 10.1. The molecule has 0 atom stereocenters. The van der Waals surface area contributed by atoms with Gasteiger partial charge in [-0.3, -0.25) is 0 Å². The van der Waals surface area contributed by atoms with Crippen molar-refractivity contribution in [2.45, 2.75) is 0 Å². The monoisotopic (exact) mass is 305 g/mol. The van der Waals surface area contributed by atoms with Crippen LogP contribution in [0.25, 0.3) is 21.7 Å². The lowest BCUT2D eigenvalue weighted by Gasteiger charge is -1.99. The predicted molar refractivity (Wildman–Crippen MR) is 83.0 cm³/mol. The van der Waals surface area contributed by atoms with E-state index in [4.69, 9.17) is 23.2 Å². The first-order valence-corrected chi connectivity index (χ1v) is 7.24. The van der Waals surface area contributed by atoms with Crippen LogP contribution in [0, 0.1) is 0 Å². The van der Waals surface area contributed by atoms with E-state index in [9.17, 15) is 0 Å². The van der Waals surface area contributed by atoms with Crippen LogP contribution in [-0.2, 0) is 0 Å². The third-order valence-corrected chi connectivity index (χ3v) is 4.00. The molecule has 19 heavy (non-hydrogen) atoms. The fourth-order valence-electron chi connectivity index (χ4n) is 1.85. The third-order valence-electron chi connectivity index (χ3n) is 2.73. The lowest BCUT2D eigenvalue weighted by Crippen LogP contribution is -1.75. The summed E-state index contributed by atoms with van der Waals surface area (Å²) in [5.74, 6) is 0. The maximum atomic E-state index is 6.02. The fraction of sp³-hybridized carbons (Fsp3) is 0. The Bertz CT molecular complexity index is 687. The summed E-state index contributed by atoms with van der Waals surface area (Å²) >= 11 is 13.5. The molecule has 0 aliphatic rings. The van der Waals surface area contributed by atoms with Gasteiger partial charge < -0.3 is 0 Å². The molecule has 0 N–H and O–H groups in total. The highest BCUT2D eigenvalue weighted by Gasteiger charge is 2.07. The van der Waals surface area contributed by atoms with Crippen molar-refractivity contribution in [2.75, 3.05) is 0 Å². The van der Waals surface area contributed by atoms with E-state index in [0.717, 1.165) is 21.7 Å². The first-order chi connectivity index (χ1) is 9.22. The molecular weight excluding hydrogens is 297 g/mol. The number of benzene rings is 2. The van der Waals surface area contributed by atoms with E-state index in [1.807, 2.05) is 42.5 Å². The molecular formula is C15H9Cl2NS. The molecule has 1 nitrogen and oxygen atoms in total. The van der Waals surface area contributed by atoms with E-state index in [1.54, 1.807) is 6.07 Å². The number of rotatable bonds is 2. The van der Waals surface area contributed by atoms with Crippen molar-refractivity contribution >= 4 is 34.7 Å². The Morgan fingerprint density at radius 3 is 2.16 bits per heavy atom. The molecule has 3 rings (SSSR count). The van der Waals surface area contributed by atoms with E-state index in [-0.39, 0.29) is 0 Å². The van der Waals surface area contributed by atoms with Crippen molar-refractivity contribution in [3.63, 3.8) is 0 Å². The van der Waals surface area contributed by atoms with Gasteiger partial charge in [0.05, 0.1) is 10.6 Å². The molecule has 0 aliphatic carbocycles. The van der Waals surface area contributed by atoms with Crippen molar-refractivity contribution in [3.05, 3.63) is 64.6 Å². The molecule has 0 saturated heterocycles. The summed E-state index contributed by atoms with van der Waals surface area (Å²) in [7, 11) is 0. The SMILES string of the molecule is Clc1cc(Cl)cc(-c2cc(-c3ccccc3)ns2)c1. The highest BCUT2D eigenvalue weighted by molar-refractivity contribution is 7.09. The first-order valence-electron chi connectivity index (χ1n) is 5.71. The second-order valence-electron chi connectivity index (χ2n) is 4.10. The summed E-state index contributed by atoms with van der Waals surface area (Å²) in [6.45, 7) is 0. The molecule has 0 bridgehead atoms. The molecule has 0 unspecified atom stereocenters. The minimum atomic E-state index is 0.636. The van der Waals surface area contributed by atoms with E-state index >= 15 is 0 Å². The molecule has 1 heterocycles. The number of hydrogen-bond donors (Lipinski definition) is 0. The van der Waals surface area contributed by atoms with Gasteiger partial charge >= 0.3 is 0 Å². The van der Waals surface area contributed by atoms with Crippen LogP contribution in [0.4, 0.5) is 0 Å². The standard InChI is InChI=1S/C15H9Cl2NS/c16-12-6-11(7-13(17)8-12)15-9-14(18-19-15)10-4-2-1-3-5-10/h1-9H. The minimum Gasteiger partial charge on any atom is -0.192 e. The van der Waals surface area contributed by atoms with Crippen LogP contribution in [0.2, 0.25) is 10.0 Å². The molecule has 0 radical (unpaired) electrons. The molecule has 0 amide bonds. The second kappa shape index (κ2) is 5.33.